The molecule has 0 saturated heterocycles. The van der Waals surface area contributed by atoms with Crippen molar-refractivity contribution >= 4 is 22.1 Å². The second-order valence-electron chi connectivity index (χ2n) is 4.66. The first-order chi connectivity index (χ1) is 11.2. The van der Waals surface area contributed by atoms with E-state index in [1.165, 1.54) is 13.4 Å². The molecule has 1 N–H and O–H groups in total. The van der Waals surface area contributed by atoms with Crippen molar-refractivity contribution in [1.82, 2.24) is 14.9 Å². The molecule has 23 heavy (non-hydrogen) atoms. The van der Waals surface area contributed by atoms with Crippen LogP contribution in [0.15, 0.2) is 58.4 Å². The van der Waals surface area contributed by atoms with Crippen molar-refractivity contribution in [1.29, 1.82) is 0 Å². The van der Waals surface area contributed by atoms with Gasteiger partial charge >= 0.3 is 0 Å². The number of aromatic hydroxyl groups is 1. The van der Waals surface area contributed by atoms with Crippen LogP contribution < -0.4 is 4.74 Å². The van der Waals surface area contributed by atoms with Gasteiger partial charge in [-0.2, -0.15) is 9.78 Å². The molecule has 0 aliphatic rings. The van der Waals surface area contributed by atoms with Crippen LogP contribution >= 0.6 is 15.9 Å². The molecule has 7 heteroatoms. The Morgan fingerprint density at radius 3 is 2.78 bits per heavy atom. The summed E-state index contributed by atoms with van der Waals surface area (Å²) in [6.07, 6.45) is 3.13. The average Bonchev–Trinajstić information content (AvgIpc) is 3.04. The van der Waals surface area contributed by atoms with E-state index >= 15 is 0 Å². The largest absolute Gasteiger partial charge is 0.504 e. The Labute approximate surface area is 141 Å². The van der Waals surface area contributed by atoms with Crippen molar-refractivity contribution in [2.24, 2.45) is 5.10 Å². The van der Waals surface area contributed by atoms with E-state index in [1.54, 1.807) is 23.0 Å². The van der Waals surface area contributed by atoms with Crippen molar-refractivity contribution in [2.75, 3.05) is 7.11 Å². The summed E-state index contributed by atoms with van der Waals surface area (Å²) < 4.78 is 7.39. The fourth-order valence-electron chi connectivity index (χ4n) is 2.04. The number of ether oxygens (including phenoxy) is 1. The van der Waals surface area contributed by atoms with Crippen LogP contribution in [0, 0.1) is 0 Å². The predicted octanol–water partition coefficient (Wildman–Crippen LogP) is 3.30. The highest BCUT2D eigenvalue weighted by Gasteiger charge is 2.08. The second-order valence-corrected chi connectivity index (χ2v) is 5.51. The Kier molecular flexibility index (Phi) is 4.38. The molecule has 1 heterocycles. The number of hydrogen-bond donors (Lipinski definition) is 1. The summed E-state index contributed by atoms with van der Waals surface area (Å²) in [5.41, 5.74) is 1.62. The zero-order valence-corrected chi connectivity index (χ0v) is 13.8. The molecular weight excluding hydrogens is 360 g/mol. The van der Waals surface area contributed by atoms with Crippen LogP contribution in [-0.4, -0.2) is 33.3 Å². The fraction of sp³-hybridized carbons (Fsp3) is 0.0625. The highest BCUT2D eigenvalue weighted by Crippen LogP contribution is 2.31. The summed E-state index contributed by atoms with van der Waals surface area (Å²) in [6, 6.07) is 12.9. The maximum absolute atomic E-state index is 9.87. The smallest absolute Gasteiger partial charge is 0.184 e. The van der Waals surface area contributed by atoms with E-state index in [9.17, 15) is 5.11 Å². The van der Waals surface area contributed by atoms with Gasteiger partial charge in [-0.3, -0.25) is 0 Å². The number of aromatic nitrogens is 3. The van der Waals surface area contributed by atoms with E-state index in [1.807, 2.05) is 30.3 Å². The van der Waals surface area contributed by atoms with Crippen LogP contribution in [0.4, 0.5) is 0 Å². The zero-order valence-electron chi connectivity index (χ0n) is 12.2. The highest BCUT2D eigenvalue weighted by molar-refractivity contribution is 9.10. The number of phenols is 1. The fourth-order valence-corrected chi connectivity index (χ4v) is 2.46. The lowest BCUT2D eigenvalue weighted by Gasteiger charge is -2.06. The third-order valence-corrected chi connectivity index (χ3v) is 3.87. The molecule has 0 amide bonds. The maximum atomic E-state index is 9.87. The van der Waals surface area contributed by atoms with E-state index in [4.69, 9.17) is 4.74 Å². The van der Waals surface area contributed by atoms with E-state index < -0.39 is 0 Å². The van der Waals surface area contributed by atoms with Gasteiger partial charge in [-0.25, -0.2) is 0 Å². The average molecular weight is 373 g/mol. The number of phenolic OH excluding ortho intramolecular Hbond substituents is 1. The number of benzene rings is 2. The van der Waals surface area contributed by atoms with E-state index in [2.05, 4.69) is 31.2 Å². The van der Waals surface area contributed by atoms with Crippen molar-refractivity contribution in [3.05, 3.63) is 58.8 Å². The predicted molar refractivity (Wildman–Crippen MR) is 90.8 cm³/mol. The van der Waals surface area contributed by atoms with Crippen molar-refractivity contribution < 1.29 is 9.84 Å². The van der Waals surface area contributed by atoms with Crippen molar-refractivity contribution in [3.8, 4) is 22.9 Å². The summed E-state index contributed by atoms with van der Waals surface area (Å²) >= 11 is 3.43. The van der Waals surface area contributed by atoms with Crippen LogP contribution in [0.25, 0.3) is 11.4 Å². The van der Waals surface area contributed by atoms with Gasteiger partial charge in [0, 0.05) is 15.6 Å². The molecule has 1 aromatic heterocycles. The molecular formula is C16H13BrN4O2. The summed E-state index contributed by atoms with van der Waals surface area (Å²) in [7, 11) is 1.50. The summed E-state index contributed by atoms with van der Waals surface area (Å²) in [5, 5.41) is 22.2. The van der Waals surface area contributed by atoms with Gasteiger partial charge in [0.2, 0.25) is 0 Å². The number of hydrogen-bond acceptors (Lipinski definition) is 5. The van der Waals surface area contributed by atoms with Gasteiger partial charge < -0.3 is 9.84 Å². The molecule has 116 valence electrons. The molecule has 0 bridgehead atoms. The van der Waals surface area contributed by atoms with E-state index in [-0.39, 0.29) is 5.75 Å². The van der Waals surface area contributed by atoms with Crippen molar-refractivity contribution in [2.45, 2.75) is 0 Å². The molecule has 3 rings (SSSR count). The molecule has 6 nitrogen and oxygen atoms in total. The topological polar surface area (TPSA) is 72.5 Å². The van der Waals surface area contributed by atoms with Crippen LogP contribution in [0.5, 0.6) is 11.5 Å². The highest BCUT2D eigenvalue weighted by atomic mass is 79.9. The Balaban J connectivity index is 1.93. The Morgan fingerprint density at radius 1 is 1.26 bits per heavy atom. The first kappa shape index (κ1) is 15.2. The van der Waals surface area contributed by atoms with E-state index in [0.717, 1.165) is 10.0 Å². The van der Waals surface area contributed by atoms with Crippen molar-refractivity contribution in [3.63, 3.8) is 0 Å². The summed E-state index contributed by atoms with van der Waals surface area (Å²) in [4.78, 5) is 0. The van der Waals surface area contributed by atoms with Crippen LogP contribution in [0.2, 0.25) is 0 Å². The van der Waals surface area contributed by atoms with Gasteiger partial charge in [0.1, 0.15) is 6.33 Å². The minimum absolute atomic E-state index is 0.0455. The molecule has 0 saturated carbocycles. The van der Waals surface area contributed by atoms with Crippen LogP contribution in [0.1, 0.15) is 5.56 Å². The molecule has 0 atom stereocenters. The number of nitrogens with zero attached hydrogens (tertiary/aromatic N) is 4. The van der Waals surface area contributed by atoms with Gasteiger partial charge in [-0.15, -0.1) is 10.2 Å². The first-order valence-corrected chi connectivity index (χ1v) is 7.54. The van der Waals surface area contributed by atoms with Crippen LogP contribution in [0.3, 0.4) is 0 Å². The third kappa shape index (κ3) is 3.24. The molecule has 0 fully saturated rings. The minimum Gasteiger partial charge on any atom is -0.504 e. The number of methoxy groups -OCH3 is 1. The Morgan fingerprint density at radius 2 is 2.04 bits per heavy atom. The molecule has 0 unspecified atom stereocenters. The lowest BCUT2D eigenvalue weighted by molar-refractivity contribution is 0.373. The quantitative estimate of drug-likeness (QED) is 0.713. The monoisotopic (exact) mass is 372 g/mol. The number of rotatable bonds is 4. The van der Waals surface area contributed by atoms with Gasteiger partial charge in [-0.1, -0.05) is 30.3 Å². The lowest BCUT2D eigenvalue weighted by atomic mass is 10.2. The Bertz CT molecular complexity index is 847. The molecule has 0 radical (unpaired) electrons. The van der Waals surface area contributed by atoms with Gasteiger partial charge in [0.05, 0.1) is 13.3 Å². The minimum atomic E-state index is 0.0455. The third-order valence-electron chi connectivity index (χ3n) is 3.18. The first-order valence-electron chi connectivity index (χ1n) is 6.75. The molecule has 2 aromatic carbocycles. The Hall–Kier alpha value is -2.67. The van der Waals surface area contributed by atoms with Crippen LogP contribution in [-0.2, 0) is 0 Å². The molecule has 3 aromatic rings. The van der Waals surface area contributed by atoms with E-state index in [0.29, 0.717) is 17.1 Å². The standard InChI is InChI=1S/C16H13BrN4O2/c1-23-15-8-13(17)12(7-14(15)22)9-19-21-10-18-20-16(21)11-5-3-2-4-6-11/h2-10,22H,1H3/b19-9-. The SMILES string of the molecule is COc1cc(Br)c(/C=N\n2cnnc2-c2ccccc2)cc1O. The number of halogens is 1. The summed E-state index contributed by atoms with van der Waals surface area (Å²) in [5.74, 6) is 1.07. The zero-order chi connectivity index (χ0) is 16.2. The van der Waals surface area contributed by atoms with Gasteiger partial charge in [0.25, 0.3) is 0 Å². The second kappa shape index (κ2) is 6.62. The molecule has 0 spiro atoms. The van der Waals surface area contributed by atoms with Gasteiger partial charge in [-0.05, 0) is 28.1 Å². The molecule has 0 aliphatic heterocycles. The lowest BCUT2D eigenvalue weighted by Crippen LogP contribution is -1.94. The summed E-state index contributed by atoms with van der Waals surface area (Å²) in [6.45, 7) is 0. The van der Waals surface area contributed by atoms with Gasteiger partial charge in [0.15, 0.2) is 17.3 Å². The molecule has 0 aliphatic carbocycles. The maximum Gasteiger partial charge on any atom is 0.184 e. The normalized spacial score (nSPS) is 11.0.